The van der Waals surface area contributed by atoms with Gasteiger partial charge in [-0.15, -0.1) is 0 Å². The molecule has 0 bridgehead atoms. The van der Waals surface area contributed by atoms with Crippen molar-refractivity contribution >= 4 is 5.97 Å². The molecule has 0 rings (SSSR count). The summed E-state index contributed by atoms with van der Waals surface area (Å²) in [6.07, 6.45) is 3.48. The van der Waals surface area contributed by atoms with Gasteiger partial charge in [-0.25, -0.2) is 9.90 Å². The third-order valence-electron chi connectivity index (χ3n) is 0.861. The second kappa shape index (κ2) is 4.13. The summed E-state index contributed by atoms with van der Waals surface area (Å²) in [6.45, 7) is 4.05. The summed E-state index contributed by atoms with van der Waals surface area (Å²) in [5, 5.41) is 9.78. The second-order valence-corrected chi connectivity index (χ2v) is 2.35. The van der Waals surface area contributed by atoms with E-state index >= 15 is 0 Å². The fourth-order valence-corrected chi connectivity index (χ4v) is 0.436. The molecule has 0 fully saturated rings. The van der Waals surface area contributed by atoms with Gasteiger partial charge in [0, 0.05) is 6.08 Å². The Morgan fingerprint density at radius 2 is 2.11 bits per heavy atom. The molecule has 0 unspecified atom stereocenters. The molecule has 0 amide bonds. The van der Waals surface area contributed by atoms with E-state index in [2.05, 4.69) is 0 Å². The standard InChI is InChI=1S/C7H11O2/c1-6(2)4-3-5-7(8)9/h3,5-6H,4H2,1-2H3/b5-3+. The molecule has 2 nitrogen and oxygen atoms in total. The molecular formula is C7H11O2. The van der Waals surface area contributed by atoms with Crippen molar-refractivity contribution in [3.63, 3.8) is 0 Å². The zero-order chi connectivity index (χ0) is 7.28. The average Bonchev–Trinajstić information content (AvgIpc) is 1.63. The van der Waals surface area contributed by atoms with Crippen LogP contribution in [0.5, 0.6) is 0 Å². The minimum Gasteiger partial charge on any atom is -0.242 e. The maximum atomic E-state index is 9.78. The maximum absolute atomic E-state index is 9.78. The zero-order valence-corrected chi connectivity index (χ0v) is 5.76. The lowest BCUT2D eigenvalue weighted by Crippen LogP contribution is -1.86. The molecule has 0 aromatic carbocycles. The van der Waals surface area contributed by atoms with Gasteiger partial charge in [0.2, 0.25) is 0 Å². The summed E-state index contributed by atoms with van der Waals surface area (Å²) in [7, 11) is 0. The van der Waals surface area contributed by atoms with Crippen molar-refractivity contribution in [2.24, 2.45) is 5.92 Å². The van der Waals surface area contributed by atoms with Crippen LogP contribution in [0.4, 0.5) is 0 Å². The van der Waals surface area contributed by atoms with E-state index < -0.39 is 5.97 Å². The molecule has 0 spiro atoms. The first-order valence-corrected chi connectivity index (χ1v) is 3.00. The Hall–Kier alpha value is -0.790. The summed E-state index contributed by atoms with van der Waals surface area (Å²) >= 11 is 0. The molecule has 0 atom stereocenters. The van der Waals surface area contributed by atoms with Gasteiger partial charge in [0.25, 0.3) is 0 Å². The molecule has 0 aromatic rings. The molecule has 0 aliphatic carbocycles. The third-order valence-corrected chi connectivity index (χ3v) is 0.861. The van der Waals surface area contributed by atoms with E-state index in [4.69, 9.17) is 0 Å². The van der Waals surface area contributed by atoms with E-state index in [-0.39, 0.29) is 0 Å². The van der Waals surface area contributed by atoms with Crippen molar-refractivity contribution in [1.29, 1.82) is 0 Å². The van der Waals surface area contributed by atoms with Gasteiger partial charge in [-0.1, -0.05) is 19.9 Å². The van der Waals surface area contributed by atoms with Gasteiger partial charge >= 0.3 is 5.97 Å². The highest BCUT2D eigenvalue weighted by molar-refractivity contribution is 5.79. The molecule has 2 heteroatoms. The maximum Gasteiger partial charge on any atom is 0.378 e. The van der Waals surface area contributed by atoms with Crippen LogP contribution in [0.2, 0.25) is 0 Å². The van der Waals surface area contributed by atoms with Crippen LogP contribution in [0, 0.1) is 5.92 Å². The minimum absolute atomic E-state index is 0.514. The van der Waals surface area contributed by atoms with E-state index in [9.17, 15) is 9.90 Å². The van der Waals surface area contributed by atoms with Crippen LogP contribution in [0.15, 0.2) is 12.2 Å². The lowest BCUT2D eigenvalue weighted by atomic mass is 10.1. The highest BCUT2D eigenvalue weighted by Gasteiger charge is 1.90. The Bertz CT molecular complexity index is 114. The number of hydrogen-bond acceptors (Lipinski definition) is 1. The lowest BCUT2D eigenvalue weighted by Gasteiger charge is -1.93. The molecule has 0 aromatic heterocycles. The van der Waals surface area contributed by atoms with Crippen molar-refractivity contribution in [3.8, 4) is 0 Å². The first kappa shape index (κ1) is 8.21. The first-order chi connectivity index (χ1) is 4.13. The van der Waals surface area contributed by atoms with Gasteiger partial charge in [0.15, 0.2) is 0 Å². The smallest absolute Gasteiger partial charge is 0.242 e. The number of hydrogen-bond donors (Lipinski definition) is 0. The highest BCUT2D eigenvalue weighted by Crippen LogP contribution is 1.98. The van der Waals surface area contributed by atoms with Crippen molar-refractivity contribution in [1.82, 2.24) is 0 Å². The van der Waals surface area contributed by atoms with Crippen molar-refractivity contribution < 1.29 is 9.90 Å². The monoisotopic (exact) mass is 127 g/mol. The van der Waals surface area contributed by atoms with E-state index in [0.29, 0.717) is 5.92 Å². The number of allylic oxidation sites excluding steroid dienone is 1. The largest absolute Gasteiger partial charge is 0.378 e. The molecule has 0 aliphatic rings. The topological polar surface area (TPSA) is 37.0 Å². The summed E-state index contributed by atoms with van der Waals surface area (Å²) in [4.78, 5) is 9.78. The van der Waals surface area contributed by atoms with Crippen LogP contribution in [0.3, 0.4) is 0 Å². The normalized spacial score (nSPS) is 11.0. The summed E-state index contributed by atoms with van der Waals surface area (Å²) in [5.41, 5.74) is 0. The third kappa shape index (κ3) is 7.21. The quantitative estimate of drug-likeness (QED) is 0.530. The first-order valence-electron chi connectivity index (χ1n) is 3.00. The van der Waals surface area contributed by atoms with Crippen LogP contribution in [0.1, 0.15) is 20.3 Å². The molecule has 1 radical (unpaired) electrons. The molecule has 0 saturated heterocycles. The number of carbonyl (C=O) groups is 1. The molecule has 0 heterocycles. The molecule has 0 N–H and O–H groups in total. The Balaban J connectivity index is 3.36. The number of carbonyl (C=O) groups excluding carboxylic acids is 1. The number of rotatable bonds is 3. The predicted octanol–water partition coefficient (Wildman–Crippen LogP) is 1.55. The van der Waals surface area contributed by atoms with Gasteiger partial charge in [-0.05, 0) is 12.3 Å². The van der Waals surface area contributed by atoms with Crippen molar-refractivity contribution in [2.45, 2.75) is 20.3 Å². The zero-order valence-electron chi connectivity index (χ0n) is 5.76. The predicted molar refractivity (Wildman–Crippen MR) is 34.3 cm³/mol. The van der Waals surface area contributed by atoms with Gasteiger partial charge in [-0.3, -0.25) is 0 Å². The molecule has 51 valence electrons. The van der Waals surface area contributed by atoms with Gasteiger partial charge in [0.1, 0.15) is 0 Å². The average molecular weight is 127 g/mol. The van der Waals surface area contributed by atoms with Crippen LogP contribution in [0.25, 0.3) is 0 Å². The van der Waals surface area contributed by atoms with Gasteiger partial charge < -0.3 is 0 Å². The van der Waals surface area contributed by atoms with E-state index in [1.807, 2.05) is 13.8 Å². The Labute approximate surface area is 55.2 Å². The molecule has 0 aliphatic heterocycles. The van der Waals surface area contributed by atoms with Gasteiger partial charge in [-0.2, -0.15) is 0 Å². The Morgan fingerprint density at radius 3 is 2.44 bits per heavy atom. The highest BCUT2D eigenvalue weighted by atomic mass is 16.4. The fourth-order valence-electron chi connectivity index (χ4n) is 0.436. The molecule has 0 saturated carbocycles. The lowest BCUT2D eigenvalue weighted by molar-refractivity contribution is -0.137. The summed E-state index contributed by atoms with van der Waals surface area (Å²) in [6, 6.07) is 0. The Morgan fingerprint density at radius 1 is 1.56 bits per heavy atom. The van der Waals surface area contributed by atoms with Crippen molar-refractivity contribution in [2.75, 3.05) is 0 Å². The second-order valence-electron chi connectivity index (χ2n) is 2.35. The van der Waals surface area contributed by atoms with Crippen LogP contribution >= 0.6 is 0 Å². The van der Waals surface area contributed by atoms with E-state index in [1.165, 1.54) is 0 Å². The molecule has 9 heavy (non-hydrogen) atoms. The summed E-state index contributed by atoms with van der Waals surface area (Å²) in [5.74, 6) is -0.601. The van der Waals surface area contributed by atoms with Crippen LogP contribution < -0.4 is 0 Å². The molecular weight excluding hydrogens is 116 g/mol. The minimum atomic E-state index is -1.12. The summed E-state index contributed by atoms with van der Waals surface area (Å²) < 4.78 is 0. The van der Waals surface area contributed by atoms with Crippen LogP contribution in [-0.2, 0) is 9.90 Å². The fraction of sp³-hybridized carbons (Fsp3) is 0.571. The SMILES string of the molecule is CC(C)C/C=C/C([O])=O. The van der Waals surface area contributed by atoms with E-state index in [0.717, 1.165) is 12.5 Å². The van der Waals surface area contributed by atoms with Gasteiger partial charge in [0.05, 0.1) is 0 Å². The van der Waals surface area contributed by atoms with Crippen LogP contribution in [-0.4, -0.2) is 5.97 Å². The Kier molecular flexibility index (Phi) is 3.76. The van der Waals surface area contributed by atoms with E-state index in [1.54, 1.807) is 6.08 Å². The van der Waals surface area contributed by atoms with Crippen molar-refractivity contribution in [3.05, 3.63) is 12.2 Å².